The van der Waals surface area contributed by atoms with Gasteiger partial charge in [0.15, 0.2) is 0 Å². The number of nitrogens with zero attached hydrogens (tertiary/aromatic N) is 3. The molecule has 0 atom stereocenters. The highest BCUT2D eigenvalue weighted by Gasteiger charge is 2.21. The number of aromatic nitrogens is 3. The van der Waals surface area contributed by atoms with Gasteiger partial charge in [-0.15, -0.1) is 11.3 Å². The fraction of sp³-hybridized carbons (Fsp3) is 0.176. The third kappa shape index (κ3) is 2.25. The van der Waals surface area contributed by atoms with Gasteiger partial charge in [-0.25, -0.2) is 14.8 Å². The van der Waals surface area contributed by atoms with Crippen LogP contribution in [-0.2, 0) is 6.54 Å². The summed E-state index contributed by atoms with van der Waals surface area (Å²) in [5.74, 6) is -0.418. The van der Waals surface area contributed by atoms with E-state index in [1.807, 2.05) is 13.0 Å². The monoisotopic (exact) mass is 339 g/mol. The third-order valence-electron chi connectivity index (χ3n) is 4.18. The van der Waals surface area contributed by atoms with E-state index in [0.717, 1.165) is 22.6 Å². The molecule has 0 amide bonds. The van der Waals surface area contributed by atoms with Crippen LogP contribution in [0, 0.1) is 6.92 Å². The van der Waals surface area contributed by atoms with Crippen molar-refractivity contribution in [2.24, 2.45) is 0 Å². The van der Waals surface area contributed by atoms with Crippen molar-refractivity contribution in [3.63, 3.8) is 0 Å². The molecule has 0 radical (unpaired) electrons. The molecule has 2 aromatic heterocycles. The Morgan fingerprint density at radius 1 is 1.42 bits per heavy atom. The summed E-state index contributed by atoms with van der Waals surface area (Å²) in [5.41, 5.74) is 4.12. The number of hydrogen-bond acceptors (Lipinski definition) is 5. The predicted molar refractivity (Wildman–Crippen MR) is 92.3 cm³/mol. The topological polar surface area (TPSA) is 85.1 Å². The zero-order valence-electron chi connectivity index (χ0n) is 12.8. The van der Waals surface area contributed by atoms with Crippen LogP contribution in [0.5, 0.6) is 0 Å². The summed E-state index contributed by atoms with van der Waals surface area (Å²) in [7, 11) is 0. The quantitative estimate of drug-likeness (QED) is 0.776. The first-order chi connectivity index (χ1) is 11.5. The molecule has 1 N–H and O–H groups in total. The molecular weight excluding hydrogens is 326 g/mol. The molecule has 0 saturated heterocycles. The largest absolute Gasteiger partial charge is 0.478 e. The van der Waals surface area contributed by atoms with Crippen LogP contribution >= 0.6 is 11.3 Å². The summed E-state index contributed by atoms with van der Waals surface area (Å²) in [4.78, 5) is 33.7. The van der Waals surface area contributed by atoms with E-state index in [4.69, 9.17) is 5.11 Å². The number of allylic oxidation sites excluding steroid dienone is 1. The van der Waals surface area contributed by atoms with Crippen molar-refractivity contribution in [1.29, 1.82) is 0 Å². The zero-order valence-corrected chi connectivity index (χ0v) is 13.6. The van der Waals surface area contributed by atoms with Crippen LogP contribution in [0.3, 0.4) is 0 Å². The minimum absolute atomic E-state index is 0.126. The maximum Gasteiger partial charge on any atom is 0.335 e. The Morgan fingerprint density at radius 2 is 2.25 bits per heavy atom. The molecule has 3 heterocycles. The number of aryl methyl sites for hydroxylation is 1. The second-order valence-corrected chi connectivity index (χ2v) is 6.54. The Labute approximate surface area is 140 Å². The van der Waals surface area contributed by atoms with Gasteiger partial charge in [0.05, 0.1) is 32.5 Å². The number of benzene rings is 1. The molecule has 1 aromatic carbocycles. The highest BCUT2D eigenvalue weighted by Crippen LogP contribution is 2.29. The number of rotatable bonds is 2. The summed E-state index contributed by atoms with van der Waals surface area (Å²) in [5, 5.41) is 9.58. The first kappa shape index (κ1) is 14.8. The second kappa shape index (κ2) is 5.38. The molecular formula is C17H13N3O3S. The molecule has 0 unspecified atom stereocenters. The average molecular weight is 339 g/mol. The van der Waals surface area contributed by atoms with Crippen LogP contribution in [-0.4, -0.2) is 25.6 Å². The lowest BCUT2D eigenvalue weighted by atomic mass is 10.1. The molecule has 6 nitrogen and oxygen atoms in total. The van der Waals surface area contributed by atoms with Crippen LogP contribution in [0.2, 0.25) is 0 Å². The normalized spacial score (nSPS) is 15.1. The van der Waals surface area contributed by atoms with Crippen LogP contribution in [0.15, 0.2) is 28.5 Å². The van der Waals surface area contributed by atoms with Gasteiger partial charge in [0.2, 0.25) is 0 Å². The van der Waals surface area contributed by atoms with E-state index in [9.17, 15) is 9.59 Å². The van der Waals surface area contributed by atoms with E-state index in [1.165, 1.54) is 18.2 Å². The van der Waals surface area contributed by atoms with E-state index < -0.39 is 5.97 Å². The number of aromatic carboxylic acids is 1. The SMILES string of the molecule is Cc1ncsc1/C=C1/CCn2c1nc1cc(C(=O)O)ccc1c2=O. The molecule has 7 heteroatoms. The fourth-order valence-corrected chi connectivity index (χ4v) is 3.65. The molecule has 120 valence electrons. The molecule has 0 aliphatic carbocycles. The Balaban J connectivity index is 1.93. The van der Waals surface area contributed by atoms with Crippen LogP contribution in [0.4, 0.5) is 0 Å². The number of hydrogen-bond donors (Lipinski definition) is 1. The highest BCUT2D eigenvalue weighted by atomic mass is 32.1. The Morgan fingerprint density at radius 3 is 2.96 bits per heavy atom. The molecule has 0 saturated carbocycles. The van der Waals surface area contributed by atoms with Crippen molar-refractivity contribution >= 4 is 39.9 Å². The summed E-state index contributed by atoms with van der Waals surface area (Å²) in [6.45, 7) is 2.53. The van der Waals surface area contributed by atoms with E-state index in [0.29, 0.717) is 23.3 Å². The van der Waals surface area contributed by atoms with Crippen LogP contribution in [0.25, 0.3) is 22.6 Å². The number of carboxylic acid groups (broad SMARTS) is 1. The number of fused-ring (bicyclic) bond motifs is 2. The van der Waals surface area contributed by atoms with E-state index >= 15 is 0 Å². The zero-order chi connectivity index (χ0) is 16.8. The van der Waals surface area contributed by atoms with Gasteiger partial charge in [-0.05, 0) is 43.2 Å². The first-order valence-electron chi connectivity index (χ1n) is 7.43. The standard InChI is InChI=1S/C17H13N3O3S/c1-9-14(24-8-18-9)7-10-4-5-20-15(10)19-13-6-11(17(22)23)2-3-12(13)16(20)21/h2-3,6-8H,4-5H2,1H3,(H,22,23)/b10-7-. The minimum atomic E-state index is -1.03. The van der Waals surface area contributed by atoms with Crippen LogP contribution < -0.4 is 5.56 Å². The molecule has 0 bridgehead atoms. The van der Waals surface area contributed by atoms with Crippen molar-refractivity contribution in [1.82, 2.24) is 14.5 Å². The summed E-state index contributed by atoms with van der Waals surface area (Å²) >= 11 is 1.54. The van der Waals surface area contributed by atoms with E-state index in [-0.39, 0.29) is 11.1 Å². The molecule has 4 rings (SSSR count). The summed E-state index contributed by atoms with van der Waals surface area (Å²) in [6, 6.07) is 4.43. The molecule has 1 aliphatic heterocycles. The van der Waals surface area contributed by atoms with Crippen molar-refractivity contribution < 1.29 is 9.90 Å². The maximum atomic E-state index is 12.7. The lowest BCUT2D eigenvalue weighted by Crippen LogP contribution is -2.20. The Hall–Kier alpha value is -2.80. The van der Waals surface area contributed by atoms with Gasteiger partial charge in [0, 0.05) is 6.54 Å². The summed E-state index contributed by atoms with van der Waals surface area (Å²) in [6.07, 6.45) is 2.74. The van der Waals surface area contributed by atoms with Crippen LogP contribution in [0.1, 0.15) is 33.2 Å². The first-order valence-corrected chi connectivity index (χ1v) is 8.31. The van der Waals surface area contributed by atoms with Gasteiger partial charge >= 0.3 is 5.97 Å². The van der Waals surface area contributed by atoms with Gasteiger partial charge in [-0.1, -0.05) is 0 Å². The fourth-order valence-electron chi connectivity index (χ4n) is 2.90. The van der Waals surface area contributed by atoms with Crippen molar-refractivity contribution in [2.45, 2.75) is 19.9 Å². The lowest BCUT2D eigenvalue weighted by Gasteiger charge is -2.06. The van der Waals surface area contributed by atoms with Gasteiger partial charge in [0.25, 0.3) is 5.56 Å². The van der Waals surface area contributed by atoms with Gasteiger partial charge in [-0.2, -0.15) is 0 Å². The van der Waals surface area contributed by atoms with Crippen molar-refractivity contribution in [2.75, 3.05) is 0 Å². The van der Waals surface area contributed by atoms with Gasteiger partial charge in [-0.3, -0.25) is 9.36 Å². The smallest absolute Gasteiger partial charge is 0.335 e. The van der Waals surface area contributed by atoms with Gasteiger partial charge < -0.3 is 5.11 Å². The Bertz CT molecular complexity index is 1080. The number of carboxylic acids is 1. The Kier molecular flexibility index (Phi) is 3.31. The summed E-state index contributed by atoms with van der Waals surface area (Å²) < 4.78 is 1.66. The van der Waals surface area contributed by atoms with Gasteiger partial charge in [0.1, 0.15) is 5.82 Å². The minimum Gasteiger partial charge on any atom is -0.478 e. The van der Waals surface area contributed by atoms with Crippen molar-refractivity contribution in [3.05, 3.63) is 56.0 Å². The number of thiazole rings is 1. The molecule has 0 spiro atoms. The molecule has 0 fully saturated rings. The lowest BCUT2D eigenvalue weighted by molar-refractivity contribution is 0.0697. The third-order valence-corrected chi connectivity index (χ3v) is 5.06. The second-order valence-electron chi connectivity index (χ2n) is 5.65. The van der Waals surface area contributed by atoms with E-state index in [2.05, 4.69) is 9.97 Å². The average Bonchev–Trinajstić information content (AvgIpc) is 3.15. The van der Waals surface area contributed by atoms with Crippen molar-refractivity contribution in [3.8, 4) is 0 Å². The molecule has 3 aromatic rings. The number of carbonyl (C=O) groups is 1. The molecule has 1 aliphatic rings. The molecule has 24 heavy (non-hydrogen) atoms. The predicted octanol–water partition coefficient (Wildman–Crippen LogP) is 2.80. The maximum absolute atomic E-state index is 12.7. The highest BCUT2D eigenvalue weighted by molar-refractivity contribution is 7.10. The van der Waals surface area contributed by atoms with E-state index in [1.54, 1.807) is 21.4 Å².